The molecule has 2 aromatic carbocycles. The predicted molar refractivity (Wildman–Crippen MR) is 95.6 cm³/mol. The maximum Gasteiger partial charge on any atom is 0.409 e. The SMILES string of the molecule is O=C(N[C@H](Cc1ccccc1)C(=O)O)OC(C(=O)O)c1ccccc1N([O-])O. The maximum absolute atomic E-state index is 12.1. The summed E-state index contributed by atoms with van der Waals surface area (Å²) in [5.74, 6) is -2.95. The molecule has 10 heteroatoms. The maximum atomic E-state index is 12.1. The number of hydrogen-bond acceptors (Lipinski definition) is 7. The summed E-state index contributed by atoms with van der Waals surface area (Å²) < 4.78 is 4.82. The summed E-state index contributed by atoms with van der Waals surface area (Å²) in [5.41, 5.74) is -0.0723. The number of amides is 1. The van der Waals surface area contributed by atoms with Crippen LogP contribution in [0.3, 0.4) is 0 Å². The quantitative estimate of drug-likeness (QED) is 0.495. The van der Waals surface area contributed by atoms with Crippen molar-refractivity contribution >= 4 is 23.7 Å². The Morgan fingerprint density at radius 1 is 1.00 bits per heavy atom. The Morgan fingerprint density at radius 3 is 2.18 bits per heavy atom. The Balaban J connectivity index is 2.15. The molecule has 0 aromatic heterocycles. The molecule has 0 aliphatic heterocycles. The van der Waals surface area contributed by atoms with Crippen LogP contribution in [0.2, 0.25) is 0 Å². The van der Waals surface area contributed by atoms with Crippen molar-refractivity contribution in [3.8, 4) is 0 Å². The van der Waals surface area contributed by atoms with Crippen molar-refractivity contribution in [1.82, 2.24) is 5.32 Å². The minimum atomic E-state index is -1.94. The molecule has 1 unspecified atom stereocenters. The van der Waals surface area contributed by atoms with Crippen LogP contribution in [0.1, 0.15) is 17.2 Å². The van der Waals surface area contributed by atoms with Gasteiger partial charge >= 0.3 is 18.0 Å². The number of hydrogen-bond donors (Lipinski definition) is 4. The van der Waals surface area contributed by atoms with Crippen molar-refractivity contribution in [2.24, 2.45) is 0 Å². The number of anilines is 1. The van der Waals surface area contributed by atoms with Crippen LogP contribution in [-0.2, 0) is 20.7 Å². The second kappa shape index (κ2) is 9.35. The highest BCUT2D eigenvalue weighted by Gasteiger charge is 2.29. The molecule has 0 radical (unpaired) electrons. The zero-order chi connectivity index (χ0) is 20.7. The van der Waals surface area contributed by atoms with E-state index in [1.165, 1.54) is 18.2 Å². The van der Waals surface area contributed by atoms with E-state index >= 15 is 0 Å². The zero-order valence-corrected chi connectivity index (χ0v) is 14.4. The number of carbonyl (C=O) groups is 3. The Hall–Kier alpha value is -3.63. The van der Waals surface area contributed by atoms with Gasteiger partial charge in [-0.3, -0.25) is 5.21 Å². The van der Waals surface area contributed by atoms with E-state index < -0.39 is 41.1 Å². The number of ether oxygens (including phenoxy) is 1. The van der Waals surface area contributed by atoms with E-state index in [0.29, 0.717) is 5.56 Å². The van der Waals surface area contributed by atoms with Crippen molar-refractivity contribution in [3.05, 3.63) is 70.9 Å². The highest BCUT2D eigenvalue weighted by molar-refractivity contribution is 5.83. The van der Waals surface area contributed by atoms with Crippen LogP contribution in [0.5, 0.6) is 0 Å². The topological polar surface area (TPSA) is 159 Å². The first-order chi connectivity index (χ1) is 13.3. The van der Waals surface area contributed by atoms with E-state index in [-0.39, 0.29) is 12.0 Å². The van der Waals surface area contributed by atoms with Gasteiger partial charge in [0.1, 0.15) is 6.04 Å². The number of aliphatic carboxylic acids is 2. The lowest BCUT2D eigenvalue weighted by Gasteiger charge is -2.26. The molecule has 28 heavy (non-hydrogen) atoms. The van der Waals surface area contributed by atoms with Crippen LogP contribution in [0.15, 0.2) is 54.6 Å². The van der Waals surface area contributed by atoms with Crippen molar-refractivity contribution in [3.63, 3.8) is 0 Å². The van der Waals surface area contributed by atoms with Crippen LogP contribution in [0, 0.1) is 5.21 Å². The van der Waals surface area contributed by atoms with E-state index in [1.54, 1.807) is 30.3 Å². The lowest BCUT2D eigenvalue weighted by Crippen LogP contribution is -2.43. The first kappa shape index (κ1) is 20.7. The van der Waals surface area contributed by atoms with Gasteiger partial charge in [-0.25, -0.2) is 14.4 Å². The summed E-state index contributed by atoms with van der Waals surface area (Å²) in [6.07, 6.45) is -3.29. The second-order valence-corrected chi connectivity index (χ2v) is 5.68. The molecule has 0 saturated carbocycles. The highest BCUT2D eigenvalue weighted by atomic mass is 16.8. The summed E-state index contributed by atoms with van der Waals surface area (Å²) in [5, 5.41) is 40.5. The lowest BCUT2D eigenvalue weighted by molar-refractivity contribution is -0.147. The highest BCUT2D eigenvalue weighted by Crippen LogP contribution is 2.28. The van der Waals surface area contributed by atoms with E-state index in [4.69, 9.17) is 9.94 Å². The summed E-state index contributed by atoms with van der Waals surface area (Å²) in [6.45, 7) is 0. The first-order valence-electron chi connectivity index (χ1n) is 8.01. The Bertz CT molecular complexity index is 840. The molecule has 2 atom stereocenters. The fraction of sp³-hybridized carbons (Fsp3) is 0.167. The third kappa shape index (κ3) is 5.43. The summed E-state index contributed by atoms with van der Waals surface area (Å²) in [4.78, 5) is 35.0. The van der Waals surface area contributed by atoms with Crippen LogP contribution >= 0.6 is 0 Å². The number of nitrogens with one attached hydrogen (secondary N) is 1. The molecule has 2 rings (SSSR count). The summed E-state index contributed by atoms with van der Waals surface area (Å²) in [7, 11) is 0. The largest absolute Gasteiger partial charge is 0.733 e. The average molecular weight is 389 g/mol. The molecule has 148 valence electrons. The van der Waals surface area contributed by atoms with Crippen LogP contribution in [-0.4, -0.2) is 39.5 Å². The van der Waals surface area contributed by atoms with Gasteiger partial charge < -0.3 is 30.7 Å². The summed E-state index contributed by atoms with van der Waals surface area (Å²) in [6, 6.07) is 12.2. The molecule has 0 aliphatic rings. The van der Waals surface area contributed by atoms with Gasteiger partial charge in [0.25, 0.3) is 0 Å². The number of nitrogens with zero attached hydrogens (tertiary/aromatic N) is 1. The van der Waals surface area contributed by atoms with Crippen molar-refractivity contribution in [1.29, 1.82) is 0 Å². The van der Waals surface area contributed by atoms with Gasteiger partial charge in [0.2, 0.25) is 6.10 Å². The first-order valence-corrected chi connectivity index (χ1v) is 8.01. The Morgan fingerprint density at radius 2 is 1.61 bits per heavy atom. The van der Waals surface area contributed by atoms with Gasteiger partial charge in [-0.2, -0.15) is 0 Å². The average Bonchev–Trinajstić information content (AvgIpc) is 2.66. The monoisotopic (exact) mass is 389 g/mol. The zero-order valence-electron chi connectivity index (χ0n) is 14.4. The number of carboxylic acids is 2. The third-order valence-electron chi connectivity index (χ3n) is 3.75. The number of alkyl carbamates (subject to hydrolysis) is 1. The van der Waals surface area contributed by atoms with Gasteiger partial charge in [-0.1, -0.05) is 48.5 Å². The molecule has 4 N–H and O–H groups in total. The standard InChI is InChI=1S/C18H17N2O8/c21-16(22)13(10-11-6-2-1-3-7-11)19-18(25)28-15(17(23)24)12-8-4-5-9-14(12)20(26)27/h1-9,13,15,26H,10H2,(H,19,25)(H,21,22)(H,23,24)/q-1/t13-,15?/m1/s1. The molecule has 1 amide bonds. The fourth-order valence-electron chi connectivity index (χ4n) is 2.46. The van der Waals surface area contributed by atoms with Gasteiger partial charge in [0.15, 0.2) is 0 Å². The second-order valence-electron chi connectivity index (χ2n) is 5.68. The van der Waals surface area contributed by atoms with Gasteiger partial charge in [-0.15, -0.1) is 0 Å². The Labute approximate surface area is 159 Å². The number of para-hydroxylation sites is 1. The molecular formula is C18H17N2O8-. The minimum absolute atomic E-state index is 0.0510. The molecule has 0 fully saturated rings. The molecule has 0 spiro atoms. The smallest absolute Gasteiger partial charge is 0.409 e. The van der Waals surface area contributed by atoms with Crippen LogP contribution < -0.4 is 10.5 Å². The van der Waals surface area contributed by atoms with Gasteiger partial charge in [0.05, 0.1) is 5.69 Å². The van der Waals surface area contributed by atoms with E-state index in [9.17, 15) is 29.8 Å². The van der Waals surface area contributed by atoms with Gasteiger partial charge in [-0.05, 0) is 11.6 Å². The number of benzene rings is 2. The van der Waals surface area contributed by atoms with E-state index in [0.717, 1.165) is 6.07 Å². The molecular weight excluding hydrogens is 372 g/mol. The van der Waals surface area contributed by atoms with Crippen molar-refractivity contribution < 1.29 is 34.5 Å². The third-order valence-corrected chi connectivity index (χ3v) is 3.75. The molecule has 2 aromatic rings. The normalized spacial score (nSPS) is 12.5. The Kier molecular flexibility index (Phi) is 6.90. The molecule has 10 nitrogen and oxygen atoms in total. The van der Waals surface area contributed by atoms with Crippen LogP contribution in [0.4, 0.5) is 10.5 Å². The minimum Gasteiger partial charge on any atom is -0.733 e. The van der Waals surface area contributed by atoms with Crippen molar-refractivity contribution in [2.45, 2.75) is 18.6 Å². The van der Waals surface area contributed by atoms with E-state index in [1.807, 2.05) is 0 Å². The predicted octanol–water partition coefficient (Wildman–Crippen LogP) is 1.93. The molecule has 0 aliphatic carbocycles. The summed E-state index contributed by atoms with van der Waals surface area (Å²) >= 11 is 0. The van der Waals surface area contributed by atoms with Gasteiger partial charge in [0, 0.05) is 12.0 Å². The molecule has 0 heterocycles. The van der Waals surface area contributed by atoms with Crippen molar-refractivity contribution in [2.75, 3.05) is 5.23 Å². The van der Waals surface area contributed by atoms with E-state index in [2.05, 4.69) is 5.32 Å². The number of carbonyl (C=O) groups excluding carboxylic acids is 1. The number of carboxylic acid groups (broad SMARTS) is 2. The lowest BCUT2D eigenvalue weighted by atomic mass is 10.1. The molecule has 0 bridgehead atoms. The fourth-order valence-corrected chi connectivity index (χ4v) is 2.46. The number of rotatable bonds is 8. The molecule has 0 saturated heterocycles. The van der Waals surface area contributed by atoms with Crippen LogP contribution in [0.25, 0.3) is 0 Å².